The Morgan fingerprint density at radius 2 is 2.20 bits per heavy atom. The first kappa shape index (κ1) is 16.1. The molecule has 1 aromatic carbocycles. The molecule has 2 aliphatic heterocycles. The monoisotopic (exact) mass is 344 g/mol. The Morgan fingerprint density at radius 3 is 2.96 bits per heavy atom. The SMILES string of the molecule is O=C(NCc1ccccc1)N[C@H]1[C@H](O)[C@@H](n2ccnc2)[C@@H]2OC[C@H]1O2. The largest absolute Gasteiger partial charge is 0.388 e. The number of imidazole rings is 1. The van der Waals surface area contributed by atoms with Gasteiger partial charge in [-0.1, -0.05) is 30.3 Å². The smallest absolute Gasteiger partial charge is 0.315 e. The molecule has 2 aromatic rings. The van der Waals surface area contributed by atoms with E-state index in [2.05, 4.69) is 15.6 Å². The Kier molecular flexibility index (Phi) is 4.39. The van der Waals surface area contributed by atoms with E-state index in [-0.39, 0.29) is 12.1 Å². The molecule has 0 radical (unpaired) electrons. The third-order valence-electron chi connectivity index (χ3n) is 4.59. The lowest BCUT2D eigenvalue weighted by molar-refractivity contribution is -0.163. The number of carbonyl (C=O) groups is 1. The fourth-order valence-electron chi connectivity index (χ4n) is 3.32. The fourth-order valence-corrected chi connectivity index (χ4v) is 3.32. The van der Waals surface area contributed by atoms with E-state index in [9.17, 15) is 9.90 Å². The highest BCUT2D eigenvalue weighted by atomic mass is 16.7. The van der Waals surface area contributed by atoms with Gasteiger partial charge in [0, 0.05) is 18.9 Å². The van der Waals surface area contributed by atoms with E-state index in [1.807, 2.05) is 30.3 Å². The number of rotatable bonds is 4. The highest BCUT2D eigenvalue weighted by Gasteiger charge is 2.51. The summed E-state index contributed by atoms with van der Waals surface area (Å²) in [5, 5.41) is 16.4. The van der Waals surface area contributed by atoms with Gasteiger partial charge < -0.3 is 29.8 Å². The van der Waals surface area contributed by atoms with Crippen LogP contribution in [0.1, 0.15) is 11.6 Å². The number of hydrogen-bond donors (Lipinski definition) is 3. The summed E-state index contributed by atoms with van der Waals surface area (Å²) in [6.07, 6.45) is 3.21. The molecule has 2 amide bonds. The van der Waals surface area contributed by atoms with Gasteiger partial charge in [-0.25, -0.2) is 9.78 Å². The maximum Gasteiger partial charge on any atom is 0.315 e. The minimum atomic E-state index is -0.845. The van der Waals surface area contributed by atoms with Gasteiger partial charge >= 0.3 is 6.03 Å². The first-order valence-electron chi connectivity index (χ1n) is 8.23. The highest BCUT2D eigenvalue weighted by Crippen LogP contribution is 2.35. The zero-order chi connectivity index (χ0) is 17.2. The number of hydrogen-bond acceptors (Lipinski definition) is 5. The molecular formula is C17H20N4O4. The van der Waals surface area contributed by atoms with Crippen LogP contribution in [0.15, 0.2) is 49.1 Å². The third kappa shape index (κ3) is 3.23. The summed E-state index contributed by atoms with van der Waals surface area (Å²) in [6.45, 7) is 0.738. The van der Waals surface area contributed by atoms with Gasteiger partial charge in [0.2, 0.25) is 0 Å². The molecule has 1 aromatic heterocycles. The number of ether oxygens (including phenoxy) is 2. The van der Waals surface area contributed by atoms with Gasteiger partial charge in [0.25, 0.3) is 0 Å². The van der Waals surface area contributed by atoms with E-state index in [1.165, 1.54) is 0 Å². The number of urea groups is 1. The number of fused-ring (bicyclic) bond motifs is 2. The van der Waals surface area contributed by atoms with Crippen LogP contribution in [0.3, 0.4) is 0 Å². The molecule has 0 unspecified atom stereocenters. The van der Waals surface area contributed by atoms with Crippen LogP contribution in [0.2, 0.25) is 0 Å². The normalized spacial score (nSPS) is 30.8. The minimum Gasteiger partial charge on any atom is -0.388 e. The van der Waals surface area contributed by atoms with Crippen LogP contribution < -0.4 is 10.6 Å². The Balaban J connectivity index is 1.41. The van der Waals surface area contributed by atoms with Crippen molar-refractivity contribution in [3.63, 3.8) is 0 Å². The van der Waals surface area contributed by atoms with E-state index in [0.29, 0.717) is 13.2 Å². The summed E-state index contributed by atoms with van der Waals surface area (Å²) in [7, 11) is 0. The van der Waals surface area contributed by atoms with Crippen molar-refractivity contribution in [3.8, 4) is 0 Å². The molecule has 4 rings (SSSR count). The number of aliphatic hydroxyl groups excluding tert-OH is 1. The standard InChI is InChI=1S/C17H20N4O4/c22-15-13(20-17(23)19-8-11-4-2-1-3-5-11)12-9-24-16(25-12)14(15)21-7-6-18-10-21/h1-7,10,12-16,22H,8-9H2,(H2,19,20,23)/t12-,13-,14-,15+,16-/m1/s1. The number of aliphatic hydroxyl groups is 1. The first-order valence-corrected chi connectivity index (χ1v) is 8.23. The second kappa shape index (κ2) is 6.83. The molecule has 2 bridgehead atoms. The van der Waals surface area contributed by atoms with Crippen LogP contribution in [0.25, 0.3) is 0 Å². The van der Waals surface area contributed by atoms with Crippen molar-refractivity contribution < 1.29 is 19.4 Å². The summed E-state index contributed by atoms with van der Waals surface area (Å²) in [5.41, 5.74) is 0.999. The van der Waals surface area contributed by atoms with Crippen LogP contribution in [0.5, 0.6) is 0 Å². The number of nitrogens with one attached hydrogen (secondary N) is 2. The minimum absolute atomic E-state index is 0.330. The van der Waals surface area contributed by atoms with Crippen molar-refractivity contribution in [1.29, 1.82) is 0 Å². The van der Waals surface area contributed by atoms with Crippen LogP contribution in [-0.4, -0.2) is 51.8 Å². The Hall–Kier alpha value is -2.42. The molecule has 2 saturated heterocycles. The van der Waals surface area contributed by atoms with Crippen LogP contribution >= 0.6 is 0 Å². The molecule has 2 fully saturated rings. The second-order valence-corrected chi connectivity index (χ2v) is 6.21. The van der Waals surface area contributed by atoms with Gasteiger partial charge in [0.1, 0.15) is 18.2 Å². The summed E-state index contributed by atoms with van der Waals surface area (Å²) in [5.74, 6) is 0. The molecule has 0 saturated carbocycles. The maximum absolute atomic E-state index is 12.2. The van der Waals surface area contributed by atoms with Crippen LogP contribution in [-0.2, 0) is 16.0 Å². The number of benzene rings is 1. The van der Waals surface area contributed by atoms with Gasteiger partial charge in [-0.2, -0.15) is 0 Å². The lowest BCUT2D eigenvalue weighted by atomic mass is 9.96. The second-order valence-electron chi connectivity index (χ2n) is 6.21. The molecule has 2 aliphatic rings. The molecule has 0 spiro atoms. The molecule has 25 heavy (non-hydrogen) atoms. The number of carbonyl (C=O) groups excluding carboxylic acids is 1. The lowest BCUT2D eigenvalue weighted by Gasteiger charge is -2.38. The molecular weight excluding hydrogens is 324 g/mol. The summed E-state index contributed by atoms with van der Waals surface area (Å²) in [6, 6.07) is 8.24. The quantitative estimate of drug-likeness (QED) is 0.746. The summed E-state index contributed by atoms with van der Waals surface area (Å²) < 4.78 is 13.2. The summed E-state index contributed by atoms with van der Waals surface area (Å²) >= 11 is 0. The van der Waals surface area contributed by atoms with E-state index in [1.54, 1.807) is 23.3 Å². The van der Waals surface area contributed by atoms with Gasteiger partial charge in [-0.15, -0.1) is 0 Å². The lowest BCUT2D eigenvalue weighted by Crippen LogP contribution is -2.60. The van der Waals surface area contributed by atoms with Gasteiger partial charge in [0.15, 0.2) is 6.29 Å². The van der Waals surface area contributed by atoms with Gasteiger partial charge in [-0.05, 0) is 5.56 Å². The highest BCUT2D eigenvalue weighted by molar-refractivity contribution is 5.74. The van der Waals surface area contributed by atoms with Crippen molar-refractivity contribution in [2.24, 2.45) is 0 Å². The fraction of sp³-hybridized carbons (Fsp3) is 0.412. The summed E-state index contributed by atoms with van der Waals surface area (Å²) in [4.78, 5) is 16.3. The topological polar surface area (TPSA) is 97.6 Å². The van der Waals surface area contributed by atoms with Gasteiger partial charge in [-0.3, -0.25) is 0 Å². The van der Waals surface area contributed by atoms with E-state index >= 15 is 0 Å². The predicted octanol–water partition coefficient (Wildman–Crippen LogP) is 0.408. The van der Waals surface area contributed by atoms with Gasteiger partial charge in [0.05, 0.1) is 19.0 Å². The molecule has 5 atom stereocenters. The van der Waals surface area contributed by atoms with Crippen molar-refractivity contribution in [2.75, 3.05) is 6.61 Å². The van der Waals surface area contributed by atoms with E-state index < -0.39 is 24.5 Å². The molecule has 8 heteroatoms. The molecule has 3 N–H and O–H groups in total. The number of aromatic nitrogens is 2. The Labute approximate surface area is 144 Å². The first-order chi connectivity index (χ1) is 12.2. The van der Waals surface area contributed by atoms with E-state index in [4.69, 9.17) is 9.47 Å². The Bertz CT molecular complexity index is 709. The van der Waals surface area contributed by atoms with Crippen LogP contribution in [0, 0.1) is 0 Å². The Morgan fingerprint density at radius 1 is 1.36 bits per heavy atom. The van der Waals surface area contributed by atoms with Crippen molar-refractivity contribution in [1.82, 2.24) is 20.2 Å². The molecule has 132 valence electrons. The molecule has 8 nitrogen and oxygen atoms in total. The zero-order valence-corrected chi connectivity index (χ0v) is 13.5. The van der Waals surface area contributed by atoms with Crippen molar-refractivity contribution >= 4 is 6.03 Å². The predicted molar refractivity (Wildman–Crippen MR) is 87.5 cm³/mol. The molecule has 3 heterocycles. The zero-order valence-electron chi connectivity index (χ0n) is 13.5. The third-order valence-corrected chi connectivity index (χ3v) is 4.59. The molecule has 0 aliphatic carbocycles. The van der Waals surface area contributed by atoms with Crippen LogP contribution in [0.4, 0.5) is 4.79 Å². The average Bonchev–Trinajstić information content (AvgIpc) is 3.30. The van der Waals surface area contributed by atoms with Crippen molar-refractivity contribution in [2.45, 2.75) is 37.1 Å². The average molecular weight is 344 g/mol. The maximum atomic E-state index is 12.2. The number of nitrogens with zero attached hydrogens (tertiary/aromatic N) is 2. The van der Waals surface area contributed by atoms with E-state index in [0.717, 1.165) is 5.56 Å². The van der Waals surface area contributed by atoms with Crippen molar-refractivity contribution in [3.05, 3.63) is 54.6 Å². The number of amides is 2.